The van der Waals surface area contributed by atoms with E-state index in [2.05, 4.69) is 17.2 Å². The van der Waals surface area contributed by atoms with Crippen molar-refractivity contribution < 1.29 is 14.3 Å². The summed E-state index contributed by atoms with van der Waals surface area (Å²) in [5.41, 5.74) is 1.64. The molecule has 0 bridgehead atoms. The molecule has 7 heteroatoms. The van der Waals surface area contributed by atoms with Crippen LogP contribution in [0.3, 0.4) is 0 Å². The van der Waals surface area contributed by atoms with Crippen LogP contribution >= 0.6 is 22.9 Å². The maximum absolute atomic E-state index is 12.4. The number of halogens is 1. The highest BCUT2D eigenvalue weighted by Crippen LogP contribution is 2.34. The molecular weight excluding hydrogens is 372 g/mol. The summed E-state index contributed by atoms with van der Waals surface area (Å²) >= 11 is 7.40. The molecule has 138 valence electrons. The predicted octanol–water partition coefficient (Wildman–Crippen LogP) is 4.50. The molecule has 0 aliphatic heterocycles. The molecule has 0 saturated heterocycles. The van der Waals surface area contributed by atoms with Crippen molar-refractivity contribution >= 4 is 40.5 Å². The van der Waals surface area contributed by atoms with E-state index in [9.17, 15) is 9.59 Å². The summed E-state index contributed by atoms with van der Waals surface area (Å²) in [5, 5.41) is 2.81. The second kappa shape index (κ2) is 8.18. The van der Waals surface area contributed by atoms with E-state index in [-0.39, 0.29) is 5.15 Å². The number of hydrogen-bond donors (Lipinski definition) is 1. The molecule has 0 fully saturated rings. The molecule has 2 aromatic heterocycles. The molecule has 0 unspecified atom stereocenters. The van der Waals surface area contributed by atoms with Gasteiger partial charge >= 0.3 is 5.97 Å². The first kappa shape index (κ1) is 18.9. The number of carbonyl (C=O) groups excluding carboxylic acids is 2. The van der Waals surface area contributed by atoms with E-state index in [1.807, 2.05) is 6.07 Å². The largest absolute Gasteiger partial charge is 0.448 e. The van der Waals surface area contributed by atoms with Gasteiger partial charge in [0.2, 0.25) is 0 Å². The van der Waals surface area contributed by atoms with E-state index in [1.165, 1.54) is 41.3 Å². The lowest BCUT2D eigenvalue weighted by Crippen LogP contribution is -2.30. The minimum Gasteiger partial charge on any atom is -0.448 e. The zero-order chi connectivity index (χ0) is 18.7. The van der Waals surface area contributed by atoms with E-state index in [0.29, 0.717) is 16.5 Å². The molecule has 5 nitrogen and oxygen atoms in total. The Balaban J connectivity index is 1.62. The van der Waals surface area contributed by atoms with Crippen molar-refractivity contribution in [3.63, 3.8) is 0 Å². The van der Waals surface area contributed by atoms with Crippen molar-refractivity contribution in [2.24, 2.45) is 5.92 Å². The van der Waals surface area contributed by atoms with Gasteiger partial charge in [-0.05, 0) is 55.9 Å². The third kappa shape index (κ3) is 4.24. The van der Waals surface area contributed by atoms with Crippen molar-refractivity contribution in [1.29, 1.82) is 0 Å². The first-order valence-electron chi connectivity index (χ1n) is 8.71. The number of rotatable bonds is 5. The van der Waals surface area contributed by atoms with E-state index in [1.54, 1.807) is 12.1 Å². The Morgan fingerprint density at radius 3 is 3.04 bits per heavy atom. The van der Waals surface area contributed by atoms with Crippen LogP contribution in [0.4, 0.5) is 5.69 Å². The van der Waals surface area contributed by atoms with Gasteiger partial charge in [0.05, 0.1) is 5.69 Å². The lowest BCUT2D eigenvalue weighted by Gasteiger charge is -2.19. The number of hydrogen-bond acceptors (Lipinski definition) is 5. The van der Waals surface area contributed by atoms with Crippen molar-refractivity contribution in [2.75, 3.05) is 5.32 Å². The van der Waals surface area contributed by atoms with Crippen LogP contribution in [0.1, 0.15) is 46.8 Å². The van der Waals surface area contributed by atoms with Gasteiger partial charge in [-0.25, -0.2) is 9.78 Å². The zero-order valence-corrected chi connectivity index (χ0v) is 16.3. The highest BCUT2D eigenvalue weighted by atomic mass is 35.5. The van der Waals surface area contributed by atoms with E-state index in [4.69, 9.17) is 16.3 Å². The highest BCUT2D eigenvalue weighted by molar-refractivity contribution is 7.14. The topological polar surface area (TPSA) is 68.3 Å². The van der Waals surface area contributed by atoms with Crippen molar-refractivity contribution in [3.8, 4) is 0 Å². The van der Waals surface area contributed by atoms with Crippen LogP contribution < -0.4 is 5.32 Å². The summed E-state index contributed by atoms with van der Waals surface area (Å²) in [5.74, 6) is -0.215. The van der Waals surface area contributed by atoms with Crippen LogP contribution in [-0.2, 0) is 22.4 Å². The Hall–Kier alpha value is -1.92. The Morgan fingerprint density at radius 1 is 1.50 bits per heavy atom. The fraction of sp³-hybridized carbons (Fsp3) is 0.421. The summed E-state index contributed by atoms with van der Waals surface area (Å²) in [6, 6.07) is 5.23. The fourth-order valence-corrected chi connectivity index (χ4v) is 4.29. The lowest BCUT2D eigenvalue weighted by molar-refractivity contribution is -0.123. The number of anilines is 1. The van der Waals surface area contributed by atoms with Gasteiger partial charge in [-0.2, -0.15) is 0 Å². The second-order valence-electron chi connectivity index (χ2n) is 6.45. The third-order valence-electron chi connectivity index (χ3n) is 4.63. The number of pyridine rings is 1. The third-order valence-corrected chi connectivity index (χ3v) is 6.15. The summed E-state index contributed by atoms with van der Waals surface area (Å²) in [7, 11) is 0. The number of aromatic nitrogens is 1. The summed E-state index contributed by atoms with van der Waals surface area (Å²) < 4.78 is 5.34. The maximum Gasteiger partial charge on any atom is 0.349 e. The van der Waals surface area contributed by atoms with E-state index >= 15 is 0 Å². The van der Waals surface area contributed by atoms with Gasteiger partial charge in [0, 0.05) is 11.1 Å². The quantitative estimate of drug-likeness (QED) is 0.601. The number of nitrogens with one attached hydrogen (secondary N) is 1. The van der Waals surface area contributed by atoms with E-state index in [0.717, 1.165) is 19.3 Å². The Kier molecular flexibility index (Phi) is 5.94. The lowest BCUT2D eigenvalue weighted by atomic mass is 9.87. The molecule has 1 amide bonds. The number of amides is 1. The van der Waals surface area contributed by atoms with Crippen molar-refractivity contribution in [3.05, 3.63) is 44.9 Å². The average Bonchev–Trinajstić information content (AvgIpc) is 3.06. The van der Waals surface area contributed by atoms with Gasteiger partial charge in [0.1, 0.15) is 4.88 Å². The minimum atomic E-state index is -0.929. The number of nitrogens with zero attached hydrogens (tertiary/aromatic N) is 1. The monoisotopic (exact) mass is 392 g/mol. The number of esters is 1. The van der Waals surface area contributed by atoms with Crippen LogP contribution in [0.15, 0.2) is 24.4 Å². The average molecular weight is 393 g/mol. The van der Waals surface area contributed by atoms with Crippen LogP contribution in [0.5, 0.6) is 0 Å². The molecule has 26 heavy (non-hydrogen) atoms. The van der Waals surface area contributed by atoms with E-state index < -0.39 is 18.0 Å². The Morgan fingerprint density at radius 2 is 2.31 bits per heavy atom. The number of aryl methyl sites for hydroxylation is 1. The van der Waals surface area contributed by atoms with Gasteiger partial charge in [-0.3, -0.25) is 4.79 Å². The summed E-state index contributed by atoms with van der Waals surface area (Å²) in [6.07, 6.45) is 4.96. The molecule has 0 spiro atoms. The zero-order valence-electron chi connectivity index (χ0n) is 14.8. The molecule has 2 aromatic rings. The molecule has 3 rings (SSSR count). The van der Waals surface area contributed by atoms with Crippen LogP contribution in [-0.4, -0.2) is 23.0 Å². The SMILES string of the molecule is CC[C@@H]1CCc2sc(C(=O)O[C@H](C)C(=O)Nc3cccnc3Cl)cc2C1. The molecule has 2 atom stereocenters. The minimum absolute atomic E-state index is 0.191. The number of ether oxygens (including phenoxy) is 1. The van der Waals surface area contributed by atoms with Gasteiger partial charge in [0.15, 0.2) is 11.3 Å². The Labute approximate surface area is 161 Å². The molecule has 1 N–H and O–H groups in total. The van der Waals surface area contributed by atoms with Crippen molar-refractivity contribution in [1.82, 2.24) is 4.98 Å². The second-order valence-corrected chi connectivity index (χ2v) is 7.95. The van der Waals surface area contributed by atoms with Gasteiger partial charge in [-0.1, -0.05) is 24.9 Å². The maximum atomic E-state index is 12.4. The van der Waals surface area contributed by atoms with Gasteiger partial charge < -0.3 is 10.1 Å². The molecule has 0 aromatic carbocycles. The van der Waals surface area contributed by atoms with Crippen molar-refractivity contribution in [2.45, 2.75) is 45.6 Å². The standard InChI is InChI=1S/C19H21ClN2O3S/c1-3-12-6-7-15-13(9-12)10-16(26-15)19(24)25-11(2)18(23)22-14-5-4-8-21-17(14)20/h4-5,8,10-12H,3,6-7,9H2,1-2H3,(H,22,23)/t11-,12-/m1/s1. The first-order valence-corrected chi connectivity index (χ1v) is 9.91. The van der Waals surface area contributed by atoms with Crippen LogP contribution in [0.25, 0.3) is 0 Å². The fourth-order valence-electron chi connectivity index (χ4n) is 3.03. The molecule has 1 aliphatic rings. The summed E-state index contributed by atoms with van der Waals surface area (Å²) in [6.45, 7) is 3.74. The predicted molar refractivity (Wildman–Crippen MR) is 103 cm³/mol. The number of fused-ring (bicyclic) bond motifs is 1. The number of carbonyl (C=O) groups is 2. The Bertz CT molecular complexity index is 821. The van der Waals surface area contributed by atoms with Gasteiger partial charge in [-0.15, -0.1) is 11.3 Å². The highest BCUT2D eigenvalue weighted by Gasteiger charge is 2.25. The first-order chi connectivity index (χ1) is 12.5. The molecule has 0 radical (unpaired) electrons. The molecule has 2 heterocycles. The van der Waals surface area contributed by atoms with Crippen LogP contribution in [0, 0.1) is 5.92 Å². The number of thiophene rings is 1. The van der Waals surface area contributed by atoms with Gasteiger partial charge in [0.25, 0.3) is 5.91 Å². The molecular formula is C19H21ClN2O3S. The summed E-state index contributed by atoms with van der Waals surface area (Å²) in [4.78, 5) is 30.4. The smallest absolute Gasteiger partial charge is 0.349 e. The molecule has 0 saturated carbocycles. The molecule has 1 aliphatic carbocycles. The van der Waals surface area contributed by atoms with Crippen LogP contribution in [0.2, 0.25) is 5.15 Å². The normalized spacial score (nSPS) is 17.3.